The number of sulfonamides is 1. The van der Waals surface area contributed by atoms with Gasteiger partial charge in [0.25, 0.3) is 0 Å². The Kier molecular flexibility index (Phi) is 2.87. The minimum Gasteiger partial charge on any atom is -0.376 e. The second-order valence-electron chi connectivity index (χ2n) is 5.41. The highest BCUT2D eigenvalue weighted by atomic mass is 32.2. The van der Waals surface area contributed by atoms with Crippen LogP contribution in [0.25, 0.3) is 0 Å². The number of hydrogen-bond donors (Lipinski definition) is 1. The number of nitrogens with one attached hydrogen (secondary N) is 1. The lowest BCUT2D eigenvalue weighted by molar-refractivity contribution is -0.127. The molecule has 1 amide bonds. The van der Waals surface area contributed by atoms with Crippen molar-refractivity contribution in [3.8, 4) is 0 Å². The summed E-state index contributed by atoms with van der Waals surface area (Å²) in [6.07, 6.45) is 3.68. The Morgan fingerprint density at radius 3 is 2.67 bits per heavy atom. The Bertz CT molecular complexity index is 460. The lowest BCUT2D eigenvalue weighted by Gasteiger charge is -2.18. The second kappa shape index (κ2) is 4.18. The second-order valence-corrected chi connectivity index (χ2v) is 7.35. The maximum Gasteiger partial charge on any atom is 0.227 e. The average molecular weight is 274 g/mol. The molecule has 102 valence electrons. The number of hydrogen-bond acceptors (Lipinski definition) is 4. The van der Waals surface area contributed by atoms with Crippen molar-refractivity contribution in [2.75, 3.05) is 19.4 Å². The smallest absolute Gasteiger partial charge is 0.227 e. The molecule has 2 aliphatic heterocycles. The van der Waals surface area contributed by atoms with Crippen LogP contribution in [-0.2, 0) is 19.6 Å². The van der Waals surface area contributed by atoms with Crippen LogP contribution in [-0.4, -0.2) is 56.2 Å². The van der Waals surface area contributed by atoms with Gasteiger partial charge in [-0.25, -0.2) is 8.42 Å². The van der Waals surface area contributed by atoms with Gasteiger partial charge in [-0.05, 0) is 19.3 Å². The molecule has 2 saturated heterocycles. The first-order valence-corrected chi connectivity index (χ1v) is 8.20. The summed E-state index contributed by atoms with van der Waals surface area (Å²) in [6, 6.07) is 0.139. The zero-order chi connectivity index (χ0) is 12.9. The van der Waals surface area contributed by atoms with Crippen LogP contribution in [0.5, 0.6) is 0 Å². The highest BCUT2D eigenvalue weighted by Crippen LogP contribution is 2.35. The molecule has 1 N–H and O–H groups in total. The third-order valence-electron chi connectivity index (χ3n) is 3.93. The first-order valence-electron chi connectivity index (χ1n) is 6.35. The van der Waals surface area contributed by atoms with Crippen LogP contribution in [0.1, 0.15) is 19.3 Å². The van der Waals surface area contributed by atoms with Gasteiger partial charge in [-0.3, -0.25) is 4.79 Å². The molecule has 18 heavy (non-hydrogen) atoms. The molecule has 0 radical (unpaired) electrons. The summed E-state index contributed by atoms with van der Waals surface area (Å²) >= 11 is 0. The Morgan fingerprint density at radius 1 is 1.33 bits per heavy atom. The fourth-order valence-corrected chi connectivity index (χ4v) is 4.02. The van der Waals surface area contributed by atoms with Gasteiger partial charge in [-0.15, -0.1) is 0 Å². The Balaban J connectivity index is 1.77. The first kappa shape index (κ1) is 12.4. The predicted molar refractivity (Wildman–Crippen MR) is 64.3 cm³/mol. The monoisotopic (exact) mass is 274 g/mol. The zero-order valence-electron chi connectivity index (χ0n) is 10.3. The topological polar surface area (TPSA) is 75.7 Å². The first-order chi connectivity index (χ1) is 8.47. The highest BCUT2D eigenvalue weighted by molar-refractivity contribution is 7.88. The number of amides is 1. The van der Waals surface area contributed by atoms with Crippen molar-refractivity contribution in [2.45, 2.75) is 37.5 Å². The standard InChI is InChI=1S/C11H18N2O4S/c1-18(15,16)13-6-8(10-9(13)4-5-17-10)11(14)12-7-2-3-7/h7-10H,2-6H2,1H3,(H,12,14)/t8-,9+,10+/m0/s1. The molecule has 3 atom stereocenters. The number of fused-ring (bicyclic) bond motifs is 1. The average Bonchev–Trinajstić information content (AvgIpc) is 2.82. The molecule has 1 aliphatic carbocycles. The van der Waals surface area contributed by atoms with E-state index < -0.39 is 10.0 Å². The van der Waals surface area contributed by atoms with Gasteiger partial charge in [0.15, 0.2) is 0 Å². The van der Waals surface area contributed by atoms with Gasteiger partial charge in [-0.1, -0.05) is 0 Å². The Labute approximate surface area is 107 Å². The van der Waals surface area contributed by atoms with E-state index in [-0.39, 0.29) is 30.5 Å². The quantitative estimate of drug-likeness (QED) is 0.739. The number of carbonyl (C=O) groups is 1. The number of nitrogens with zero attached hydrogens (tertiary/aromatic N) is 1. The fraction of sp³-hybridized carbons (Fsp3) is 0.909. The van der Waals surface area contributed by atoms with Crippen molar-refractivity contribution in [1.82, 2.24) is 9.62 Å². The van der Waals surface area contributed by atoms with Crippen LogP contribution in [0.15, 0.2) is 0 Å². The minimum absolute atomic E-state index is 0.0550. The fourth-order valence-electron chi connectivity index (χ4n) is 2.87. The van der Waals surface area contributed by atoms with E-state index >= 15 is 0 Å². The molecule has 7 heteroatoms. The summed E-state index contributed by atoms with van der Waals surface area (Å²) < 4.78 is 30.4. The van der Waals surface area contributed by atoms with Crippen molar-refractivity contribution in [3.05, 3.63) is 0 Å². The lowest BCUT2D eigenvalue weighted by Crippen LogP contribution is -2.39. The molecule has 0 bridgehead atoms. The summed E-state index contributed by atoms with van der Waals surface area (Å²) in [5, 5.41) is 2.94. The molecule has 0 aromatic carbocycles. The number of rotatable bonds is 3. The maximum absolute atomic E-state index is 12.1. The third-order valence-corrected chi connectivity index (χ3v) is 5.20. The van der Waals surface area contributed by atoms with E-state index in [0.29, 0.717) is 19.1 Å². The van der Waals surface area contributed by atoms with Crippen LogP contribution in [0, 0.1) is 5.92 Å². The molecular weight excluding hydrogens is 256 g/mol. The molecule has 1 saturated carbocycles. The molecule has 3 rings (SSSR count). The molecule has 0 aromatic heterocycles. The number of carbonyl (C=O) groups excluding carboxylic acids is 1. The van der Waals surface area contributed by atoms with E-state index in [1.807, 2.05) is 0 Å². The Morgan fingerprint density at radius 2 is 2.06 bits per heavy atom. The van der Waals surface area contributed by atoms with Gasteiger partial charge in [0, 0.05) is 19.2 Å². The summed E-state index contributed by atoms with van der Waals surface area (Å²) in [5.74, 6) is -0.409. The van der Waals surface area contributed by atoms with Crippen molar-refractivity contribution >= 4 is 15.9 Å². The minimum atomic E-state index is -3.26. The van der Waals surface area contributed by atoms with Gasteiger partial charge >= 0.3 is 0 Å². The normalized spacial score (nSPS) is 36.6. The van der Waals surface area contributed by atoms with E-state index in [1.165, 1.54) is 10.6 Å². The summed E-state index contributed by atoms with van der Waals surface area (Å²) in [4.78, 5) is 12.1. The molecular formula is C11H18N2O4S. The zero-order valence-corrected chi connectivity index (χ0v) is 11.1. The van der Waals surface area contributed by atoms with E-state index in [4.69, 9.17) is 4.74 Å². The summed E-state index contributed by atoms with van der Waals surface area (Å²) in [7, 11) is -3.26. The van der Waals surface area contributed by atoms with Gasteiger partial charge in [-0.2, -0.15) is 4.31 Å². The van der Waals surface area contributed by atoms with E-state index in [9.17, 15) is 13.2 Å². The van der Waals surface area contributed by atoms with Crippen molar-refractivity contribution in [3.63, 3.8) is 0 Å². The Hall–Kier alpha value is -0.660. The van der Waals surface area contributed by atoms with Crippen LogP contribution in [0.2, 0.25) is 0 Å². The van der Waals surface area contributed by atoms with E-state index in [2.05, 4.69) is 5.32 Å². The van der Waals surface area contributed by atoms with Crippen molar-refractivity contribution in [1.29, 1.82) is 0 Å². The van der Waals surface area contributed by atoms with Gasteiger partial charge in [0.05, 0.1) is 24.3 Å². The van der Waals surface area contributed by atoms with Crippen LogP contribution < -0.4 is 5.32 Å². The van der Waals surface area contributed by atoms with Gasteiger partial charge in [0.2, 0.25) is 15.9 Å². The molecule has 0 aromatic rings. The third kappa shape index (κ3) is 2.15. The van der Waals surface area contributed by atoms with Gasteiger partial charge in [0.1, 0.15) is 0 Å². The van der Waals surface area contributed by atoms with E-state index in [1.54, 1.807) is 0 Å². The van der Waals surface area contributed by atoms with E-state index in [0.717, 1.165) is 12.8 Å². The summed E-state index contributed by atoms with van der Waals surface area (Å²) in [5.41, 5.74) is 0. The van der Waals surface area contributed by atoms with Crippen LogP contribution in [0.4, 0.5) is 0 Å². The largest absolute Gasteiger partial charge is 0.376 e. The van der Waals surface area contributed by atoms with Crippen molar-refractivity contribution < 1.29 is 17.9 Å². The highest BCUT2D eigenvalue weighted by Gasteiger charge is 2.52. The van der Waals surface area contributed by atoms with Gasteiger partial charge < -0.3 is 10.1 Å². The lowest BCUT2D eigenvalue weighted by atomic mass is 10.0. The molecule has 3 aliphatic rings. The predicted octanol–water partition coefficient (Wildman–Crippen LogP) is -0.686. The molecule has 3 fully saturated rings. The molecule has 0 spiro atoms. The van der Waals surface area contributed by atoms with Crippen LogP contribution >= 0.6 is 0 Å². The molecule has 0 unspecified atom stereocenters. The van der Waals surface area contributed by atoms with Crippen molar-refractivity contribution in [2.24, 2.45) is 5.92 Å². The maximum atomic E-state index is 12.1. The molecule has 2 heterocycles. The number of ether oxygens (including phenoxy) is 1. The van der Waals surface area contributed by atoms with Crippen LogP contribution in [0.3, 0.4) is 0 Å². The summed E-state index contributed by atoms with van der Waals surface area (Å²) in [6.45, 7) is 0.793. The SMILES string of the molecule is CS(=O)(=O)N1C[C@H](C(=O)NC2CC2)[C@H]2OCC[C@H]21. The molecule has 6 nitrogen and oxygen atoms in total.